The minimum Gasteiger partial charge on any atom is -0.303 e. The zero-order valence-electron chi connectivity index (χ0n) is 7.69. The zero-order valence-corrected chi connectivity index (χ0v) is 9.32. The Morgan fingerprint density at radius 3 is 3.00 bits per heavy atom. The van der Waals surface area contributed by atoms with Gasteiger partial charge in [0.05, 0.1) is 10.6 Å². The molecule has 0 unspecified atom stereocenters. The maximum Gasteiger partial charge on any atom is 0.133 e. The Morgan fingerprint density at radius 1 is 1.50 bits per heavy atom. The van der Waals surface area contributed by atoms with E-state index < -0.39 is 0 Å². The molecule has 0 saturated carbocycles. The third-order valence-corrected chi connectivity index (χ3v) is 3.86. The van der Waals surface area contributed by atoms with E-state index in [-0.39, 0.29) is 0 Å². The molecule has 72 valence electrons. The van der Waals surface area contributed by atoms with Crippen molar-refractivity contribution in [2.45, 2.75) is 13.3 Å². The van der Waals surface area contributed by atoms with Gasteiger partial charge >= 0.3 is 0 Å². The summed E-state index contributed by atoms with van der Waals surface area (Å²) >= 11 is 3.33. The highest BCUT2D eigenvalue weighted by Gasteiger charge is 2.05. The van der Waals surface area contributed by atoms with Gasteiger partial charge in [0.2, 0.25) is 0 Å². The van der Waals surface area contributed by atoms with E-state index in [0.29, 0.717) is 6.42 Å². The number of thiophene rings is 1. The van der Waals surface area contributed by atoms with Crippen LogP contribution in [0.4, 0.5) is 0 Å². The first-order valence-electron chi connectivity index (χ1n) is 4.24. The number of rotatable bonds is 3. The molecule has 2 rings (SSSR count). The summed E-state index contributed by atoms with van der Waals surface area (Å²) in [5.74, 6) is 0. The summed E-state index contributed by atoms with van der Waals surface area (Å²) in [5.41, 5.74) is 0.867. The molecule has 2 aromatic rings. The highest BCUT2D eigenvalue weighted by Crippen LogP contribution is 2.30. The fourth-order valence-corrected chi connectivity index (χ4v) is 2.92. The molecule has 0 aliphatic rings. The minimum atomic E-state index is 0.418. The SMILES string of the molecule is Cc1ccc(-c2nc(CC=O)cs2)s1. The molecule has 0 spiro atoms. The van der Waals surface area contributed by atoms with Gasteiger partial charge in [-0.1, -0.05) is 0 Å². The number of hydrogen-bond donors (Lipinski definition) is 0. The van der Waals surface area contributed by atoms with Crippen LogP contribution in [-0.4, -0.2) is 11.3 Å². The van der Waals surface area contributed by atoms with Crippen molar-refractivity contribution < 1.29 is 4.79 Å². The van der Waals surface area contributed by atoms with Crippen LogP contribution in [0.3, 0.4) is 0 Å². The minimum absolute atomic E-state index is 0.418. The number of carbonyl (C=O) groups excluding carboxylic acids is 1. The number of aryl methyl sites for hydroxylation is 1. The quantitative estimate of drug-likeness (QED) is 0.749. The third-order valence-electron chi connectivity index (χ3n) is 1.80. The number of aromatic nitrogens is 1. The molecule has 4 heteroatoms. The van der Waals surface area contributed by atoms with Crippen LogP contribution in [0.2, 0.25) is 0 Å². The van der Waals surface area contributed by atoms with E-state index in [1.807, 2.05) is 5.38 Å². The van der Waals surface area contributed by atoms with Gasteiger partial charge in [-0.3, -0.25) is 0 Å². The third kappa shape index (κ3) is 1.91. The summed E-state index contributed by atoms with van der Waals surface area (Å²) in [5, 5.41) is 2.96. The van der Waals surface area contributed by atoms with Crippen LogP contribution in [0.1, 0.15) is 10.6 Å². The first-order chi connectivity index (χ1) is 6.79. The second-order valence-corrected chi connectivity index (χ2v) is 5.07. The summed E-state index contributed by atoms with van der Waals surface area (Å²) in [6, 6.07) is 4.16. The molecular formula is C10H9NOS2. The monoisotopic (exact) mass is 223 g/mol. The molecule has 0 saturated heterocycles. The summed E-state index contributed by atoms with van der Waals surface area (Å²) in [4.78, 5) is 17.1. The van der Waals surface area contributed by atoms with E-state index in [0.717, 1.165) is 17.0 Å². The molecule has 0 bridgehead atoms. The summed E-state index contributed by atoms with van der Waals surface area (Å²) in [7, 11) is 0. The fourth-order valence-electron chi connectivity index (χ4n) is 1.15. The molecule has 2 aromatic heterocycles. The fraction of sp³-hybridized carbons (Fsp3) is 0.200. The molecule has 0 aliphatic carbocycles. The van der Waals surface area contributed by atoms with Crippen LogP contribution >= 0.6 is 22.7 Å². The van der Waals surface area contributed by atoms with Gasteiger partial charge in [-0.25, -0.2) is 4.98 Å². The van der Waals surface area contributed by atoms with Crippen molar-refractivity contribution in [1.29, 1.82) is 0 Å². The van der Waals surface area contributed by atoms with Crippen molar-refractivity contribution >= 4 is 29.0 Å². The smallest absolute Gasteiger partial charge is 0.133 e. The average Bonchev–Trinajstić information content (AvgIpc) is 2.74. The molecule has 0 aliphatic heterocycles. The molecule has 2 nitrogen and oxygen atoms in total. The normalized spacial score (nSPS) is 10.4. The molecule has 0 atom stereocenters. The summed E-state index contributed by atoms with van der Waals surface area (Å²) in [6.07, 6.45) is 1.30. The number of aldehydes is 1. The van der Waals surface area contributed by atoms with E-state index in [1.165, 1.54) is 9.75 Å². The van der Waals surface area contributed by atoms with Gasteiger partial charge < -0.3 is 4.79 Å². The predicted octanol–water partition coefficient (Wildman–Crippen LogP) is 2.92. The average molecular weight is 223 g/mol. The Labute approximate surface area is 90.2 Å². The van der Waals surface area contributed by atoms with Crippen molar-refractivity contribution in [2.75, 3.05) is 0 Å². The van der Waals surface area contributed by atoms with Gasteiger partial charge in [0.15, 0.2) is 0 Å². The lowest BCUT2D eigenvalue weighted by atomic mass is 10.4. The number of hydrogen-bond acceptors (Lipinski definition) is 4. The van der Waals surface area contributed by atoms with Gasteiger partial charge in [-0.15, -0.1) is 22.7 Å². The maximum atomic E-state index is 10.3. The van der Waals surface area contributed by atoms with E-state index in [4.69, 9.17) is 0 Å². The molecule has 0 fully saturated rings. The van der Waals surface area contributed by atoms with Crippen molar-refractivity contribution in [3.05, 3.63) is 28.1 Å². The maximum absolute atomic E-state index is 10.3. The summed E-state index contributed by atoms with van der Waals surface area (Å²) < 4.78 is 0. The summed E-state index contributed by atoms with van der Waals surface area (Å²) in [6.45, 7) is 2.08. The highest BCUT2D eigenvalue weighted by molar-refractivity contribution is 7.21. The van der Waals surface area contributed by atoms with Crippen LogP contribution in [0, 0.1) is 6.92 Å². The first-order valence-corrected chi connectivity index (χ1v) is 5.94. The van der Waals surface area contributed by atoms with Crippen molar-refractivity contribution in [2.24, 2.45) is 0 Å². The lowest BCUT2D eigenvalue weighted by Gasteiger charge is -1.87. The van der Waals surface area contributed by atoms with Crippen LogP contribution < -0.4 is 0 Å². The zero-order chi connectivity index (χ0) is 9.97. The number of thiazole rings is 1. The van der Waals surface area contributed by atoms with Crippen LogP contribution in [0.25, 0.3) is 9.88 Å². The first kappa shape index (κ1) is 9.55. The Morgan fingerprint density at radius 2 is 2.36 bits per heavy atom. The molecule has 0 N–H and O–H groups in total. The molecule has 0 amide bonds. The number of carbonyl (C=O) groups is 1. The van der Waals surface area contributed by atoms with E-state index >= 15 is 0 Å². The molecular weight excluding hydrogens is 214 g/mol. The van der Waals surface area contributed by atoms with Crippen molar-refractivity contribution in [3.63, 3.8) is 0 Å². The Bertz CT molecular complexity index is 444. The molecule has 2 heterocycles. The Kier molecular flexibility index (Phi) is 2.74. The van der Waals surface area contributed by atoms with Crippen LogP contribution in [-0.2, 0) is 11.2 Å². The van der Waals surface area contributed by atoms with Crippen molar-refractivity contribution in [1.82, 2.24) is 4.98 Å². The second-order valence-electron chi connectivity index (χ2n) is 2.93. The molecule has 0 radical (unpaired) electrons. The Hall–Kier alpha value is -1.00. The molecule has 14 heavy (non-hydrogen) atoms. The van der Waals surface area contributed by atoms with Gasteiger partial charge in [-0.2, -0.15) is 0 Å². The Balaban J connectivity index is 2.28. The van der Waals surface area contributed by atoms with Crippen molar-refractivity contribution in [3.8, 4) is 9.88 Å². The van der Waals surface area contributed by atoms with Crippen LogP contribution in [0.15, 0.2) is 17.5 Å². The van der Waals surface area contributed by atoms with E-state index in [2.05, 4.69) is 24.0 Å². The van der Waals surface area contributed by atoms with Gasteiger partial charge in [-0.05, 0) is 19.1 Å². The van der Waals surface area contributed by atoms with Gasteiger partial charge in [0, 0.05) is 16.7 Å². The topological polar surface area (TPSA) is 30.0 Å². The predicted molar refractivity (Wildman–Crippen MR) is 59.9 cm³/mol. The van der Waals surface area contributed by atoms with E-state index in [1.54, 1.807) is 22.7 Å². The molecule has 0 aromatic carbocycles. The number of nitrogens with zero attached hydrogens (tertiary/aromatic N) is 1. The standard InChI is InChI=1S/C10H9NOS2/c1-7-2-3-9(14-7)10-11-8(4-5-12)6-13-10/h2-3,5-6H,4H2,1H3. The lowest BCUT2D eigenvalue weighted by Crippen LogP contribution is -1.84. The van der Waals surface area contributed by atoms with E-state index in [9.17, 15) is 4.79 Å². The highest BCUT2D eigenvalue weighted by atomic mass is 32.1. The lowest BCUT2D eigenvalue weighted by molar-refractivity contribution is -0.107. The van der Waals surface area contributed by atoms with Gasteiger partial charge in [0.25, 0.3) is 0 Å². The largest absolute Gasteiger partial charge is 0.303 e. The van der Waals surface area contributed by atoms with Crippen LogP contribution in [0.5, 0.6) is 0 Å². The second kappa shape index (κ2) is 4.02. The van der Waals surface area contributed by atoms with Gasteiger partial charge in [0.1, 0.15) is 11.3 Å².